The van der Waals surface area contributed by atoms with Gasteiger partial charge in [-0.2, -0.15) is 13.2 Å². The highest BCUT2D eigenvalue weighted by molar-refractivity contribution is 5.98. The van der Waals surface area contributed by atoms with Crippen LogP contribution in [0.2, 0.25) is 0 Å². The Hall–Kier alpha value is -2.12. The van der Waals surface area contributed by atoms with E-state index >= 15 is 0 Å². The van der Waals surface area contributed by atoms with E-state index in [0.29, 0.717) is 12.6 Å². The maximum atomic E-state index is 12.8. The number of halogens is 3. The summed E-state index contributed by atoms with van der Waals surface area (Å²) in [5.74, 6) is -0.721. The molecule has 126 valence electrons. The van der Waals surface area contributed by atoms with Gasteiger partial charge in [-0.15, -0.1) is 0 Å². The van der Waals surface area contributed by atoms with E-state index in [2.05, 4.69) is 10.3 Å². The number of pyridine rings is 1. The summed E-state index contributed by atoms with van der Waals surface area (Å²) >= 11 is 0. The Morgan fingerprint density at radius 2 is 2.13 bits per heavy atom. The largest absolute Gasteiger partial charge is 0.417 e. The molecule has 5 nitrogen and oxygen atoms in total. The van der Waals surface area contributed by atoms with Crippen LogP contribution in [0.4, 0.5) is 13.2 Å². The molecule has 0 bridgehead atoms. The zero-order valence-corrected chi connectivity index (χ0v) is 12.9. The SMILES string of the molecule is CC(C)CC1C(=O)NCCN1C(=O)c1cncc(C(F)(F)F)c1. The van der Waals surface area contributed by atoms with Gasteiger partial charge in [-0.1, -0.05) is 13.8 Å². The third-order valence-corrected chi connectivity index (χ3v) is 3.60. The minimum Gasteiger partial charge on any atom is -0.353 e. The highest BCUT2D eigenvalue weighted by atomic mass is 19.4. The van der Waals surface area contributed by atoms with E-state index in [1.807, 2.05) is 13.8 Å². The van der Waals surface area contributed by atoms with E-state index in [4.69, 9.17) is 0 Å². The van der Waals surface area contributed by atoms with E-state index in [9.17, 15) is 22.8 Å². The van der Waals surface area contributed by atoms with Crippen LogP contribution in [-0.2, 0) is 11.0 Å². The monoisotopic (exact) mass is 329 g/mol. The first-order valence-electron chi connectivity index (χ1n) is 7.31. The van der Waals surface area contributed by atoms with Crippen LogP contribution in [0.5, 0.6) is 0 Å². The van der Waals surface area contributed by atoms with Crippen molar-refractivity contribution in [1.82, 2.24) is 15.2 Å². The van der Waals surface area contributed by atoms with Crippen LogP contribution < -0.4 is 5.32 Å². The third-order valence-electron chi connectivity index (χ3n) is 3.60. The van der Waals surface area contributed by atoms with Gasteiger partial charge in [0, 0.05) is 25.5 Å². The van der Waals surface area contributed by atoms with Gasteiger partial charge in [0.2, 0.25) is 5.91 Å². The molecule has 2 rings (SSSR count). The summed E-state index contributed by atoms with van der Waals surface area (Å²) in [5, 5.41) is 2.68. The summed E-state index contributed by atoms with van der Waals surface area (Å²) in [6, 6.07) is 0.0969. The Balaban J connectivity index is 2.28. The summed E-state index contributed by atoms with van der Waals surface area (Å²) < 4.78 is 38.3. The number of piperazine rings is 1. The van der Waals surface area contributed by atoms with Crippen LogP contribution in [0, 0.1) is 5.92 Å². The molecule has 0 aliphatic carbocycles. The molecular weight excluding hydrogens is 311 g/mol. The molecule has 1 aliphatic heterocycles. The number of carbonyl (C=O) groups excluding carboxylic acids is 2. The Morgan fingerprint density at radius 3 is 2.74 bits per heavy atom. The smallest absolute Gasteiger partial charge is 0.353 e. The van der Waals surface area contributed by atoms with Crippen molar-refractivity contribution in [3.05, 3.63) is 29.6 Å². The summed E-state index contributed by atoms with van der Waals surface area (Å²) in [6.07, 6.45) is -2.36. The van der Waals surface area contributed by atoms with Gasteiger partial charge >= 0.3 is 6.18 Å². The minimum atomic E-state index is -4.57. The molecule has 1 aromatic rings. The normalized spacial score (nSPS) is 19.0. The fourth-order valence-corrected chi connectivity index (χ4v) is 2.52. The second-order valence-electron chi connectivity index (χ2n) is 5.89. The Bertz CT molecular complexity index is 602. The number of amides is 2. The van der Waals surface area contributed by atoms with Crippen molar-refractivity contribution in [2.45, 2.75) is 32.5 Å². The van der Waals surface area contributed by atoms with Crippen LogP contribution in [0.3, 0.4) is 0 Å². The predicted molar refractivity (Wildman–Crippen MR) is 76.5 cm³/mol. The number of alkyl halides is 3. The summed E-state index contributed by atoms with van der Waals surface area (Å²) in [4.78, 5) is 29.4. The summed E-state index contributed by atoms with van der Waals surface area (Å²) in [5.41, 5.74) is -1.14. The fourth-order valence-electron chi connectivity index (χ4n) is 2.52. The lowest BCUT2D eigenvalue weighted by atomic mass is 9.99. The van der Waals surface area contributed by atoms with Gasteiger partial charge in [0.1, 0.15) is 6.04 Å². The van der Waals surface area contributed by atoms with Crippen molar-refractivity contribution in [3.8, 4) is 0 Å². The van der Waals surface area contributed by atoms with Gasteiger partial charge in [-0.3, -0.25) is 14.6 Å². The summed E-state index contributed by atoms with van der Waals surface area (Å²) in [7, 11) is 0. The standard InChI is InChI=1S/C15H18F3N3O2/c1-9(2)5-12-13(22)20-3-4-21(12)14(23)10-6-11(8-19-7-10)15(16,17)18/h6-9,12H,3-5H2,1-2H3,(H,20,22). The number of nitrogens with zero attached hydrogens (tertiary/aromatic N) is 2. The van der Waals surface area contributed by atoms with Crippen molar-refractivity contribution in [1.29, 1.82) is 0 Å². The van der Waals surface area contributed by atoms with Crippen molar-refractivity contribution in [2.24, 2.45) is 5.92 Å². The topological polar surface area (TPSA) is 62.3 Å². The molecule has 1 atom stereocenters. The highest BCUT2D eigenvalue weighted by Crippen LogP contribution is 2.29. The summed E-state index contributed by atoms with van der Waals surface area (Å²) in [6.45, 7) is 4.37. The van der Waals surface area contributed by atoms with Gasteiger partial charge in [0.15, 0.2) is 0 Å². The van der Waals surface area contributed by atoms with Crippen LogP contribution in [0.25, 0.3) is 0 Å². The zero-order valence-electron chi connectivity index (χ0n) is 12.9. The second kappa shape index (κ2) is 6.55. The Labute approximate surface area is 131 Å². The van der Waals surface area contributed by atoms with E-state index in [1.165, 1.54) is 4.90 Å². The van der Waals surface area contributed by atoms with Crippen molar-refractivity contribution in [3.63, 3.8) is 0 Å². The lowest BCUT2D eigenvalue weighted by Gasteiger charge is -2.36. The number of carbonyl (C=O) groups is 2. The quantitative estimate of drug-likeness (QED) is 0.924. The second-order valence-corrected chi connectivity index (χ2v) is 5.89. The molecule has 1 aliphatic rings. The maximum absolute atomic E-state index is 12.8. The van der Waals surface area contributed by atoms with Crippen LogP contribution >= 0.6 is 0 Å². The number of rotatable bonds is 3. The first-order valence-corrected chi connectivity index (χ1v) is 7.31. The molecule has 23 heavy (non-hydrogen) atoms. The average molecular weight is 329 g/mol. The number of hydrogen-bond donors (Lipinski definition) is 1. The number of hydrogen-bond acceptors (Lipinski definition) is 3. The first kappa shape index (κ1) is 17.2. The van der Waals surface area contributed by atoms with Crippen LogP contribution in [-0.4, -0.2) is 40.8 Å². The van der Waals surface area contributed by atoms with E-state index in [-0.39, 0.29) is 30.5 Å². The van der Waals surface area contributed by atoms with E-state index in [1.54, 1.807) is 0 Å². The lowest BCUT2D eigenvalue weighted by molar-refractivity contribution is -0.138. The Morgan fingerprint density at radius 1 is 1.43 bits per heavy atom. The molecule has 1 N–H and O–H groups in total. The molecular formula is C15H18F3N3O2. The van der Waals surface area contributed by atoms with Gasteiger partial charge in [-0.25, -0.2) is 0 Å². The third kappa shape index (κ3) is 4.00. The van der Waals surface area contributed by atoms with Gasteiger partial charge in [0.25, 0.3) is 5.91 Å². The van der Waals surface area contributed by atoms with Crippen molar-refractivity contribution < 1.29 is 22.8 Å². The van der Waals surface area contributed by atoms with E-state index in [0.717, 1.165) is 12.3 Å². The molecule has 1 fully saturated rings. The van der Waals surface area contributed by atoms with Gasteiger partial charge in [0.05, 0.1) is 11.1 Å². The molecule has 1 aromatic heterocycles. The average Bonchev–Trinajstić information content (AvgIpc) is 2.47. The molecule has 1 saturated heterocycles. The van der Waals surface area contributed by atoms with Gasteiger partial charge < -0.3 is 10.2 Å². The molecule has 2 heterocycles. The highest BCUT2D eigenvalue weighted by Gasteiger charge is 2.36. The maximum Gasteiger partial charge on any atom is 0.417 e. The molecule has 8 heteroatoms. The Kier molecular flexibility index (Phi) is 4.91. The molecule has 2 amide bonds. The van der Waals surface area contributed by atoms with E-state index < -0.39 is 23.7 Å². The van der Waals surface area contributed by atoms with Crippen LogP contribution in [0.15, 0.2) is 18.5 Å². The van der Waals surface area contributed by atoms with Gasteiger partial charge in [-0.05, 0) is 18.4 Å². The molecule has 0 spiro atoms. The fraction of sp³-hybridized carbons (Fsp3) is 0.533. The molecule has 0 saturated carbocycles. The lowest BCUT2D eigenvalue weighted by Crippen LogP contribution is -2.57. The van der Waals surface area contributed by atoms with Crippen LogP contribution in [0.1, 0.15) is 36.2 Å². The molecule has 0 radical (unpaired) electrons. The molecule has 1 unspecified atom stereocenters. The first-order chi connectivity index (χ1) is 10.7. The van der Waals surface area contributed by atoms with Crippen molar-refractivity contribution in [2.75, 3.05) is 13.1 Å². The van der Waals surface area contributed by atoms with Crippen molar-refractivity contribution >= 4 is 11.8 Å². The predicted octanol–water partition coefficient (Wildman–Crippen LogP) is 2.09. The number of aromatic nitrogens is 1. The number of nitrogens with one attached hydrogen (secondary N) is 1. The minimum absolute atomic E-state index is 0.164. The zero-order chi connectivity index (χ0) is 17.2. The molecule has 0 aromatic carbocycles.